The molecule has 2 aliphatic rings. The summed E-state index contributed by atoms with van der Waals surface area (Å²) in [6.07, 6.45) is 5.37. The van der Waals surface area contributed by atoms with E-state index in [0.717, 1.165) is 55.2 Å². The molecule has 0 aliphatic heterocycles. The van der Waals surface area contributed by atoms with Crippen LogP contribution in [0.15, 0.2) is 132 Å². The van der Waals surface area contributed by atoms with Crippen LogP contribution in [0.4, 0.5) is 45.5 Å². The monoisotopic (exact) mass is 1000 g/mol. The average molecular weight is 1000 g/mol. The summed E-state index contributed by atoms with van der Waals surface area (Å²) in [6.45, 7) is 5.38. The van der Waals surface area contributed by atoms with Gasteiger partial charge in [0.15, 0.2) is 0 Å². The molecule has 4 aromatic rings. The molecule has 0 amide bonds. The molecule has 0 atom stereocenters. The van der Waals surface area contributed by atoms with Crippen molar-refractivity contribution < 1.29 is 142 Å². The smallest absolute Gasteiger partial charge is 0.744 e. The van der Waals surface area contributed by atoms with Crippen molar-refractivity contribution in [3.05, 3.63) is 123 Å². The number of benzene rings is 4. The van der Waals surface area contributed by atoms with Gasteiger partial charge in [0.05, 0.1) is 53.6 Å². The van der Waals surface area contributed by atoms with Crippen LogP contribution in [-0.2, 0) is 35.1 Å². The molecule has 0 spiro atoms. The number of allylic oxidation sites excluding steroid dienone is 4. The molecule has 4 aromatic carbocycles. The predicted octanol–water partition coefficient (Wildman–Crippen LogP) is -4.16. The van der Waals surface area contributed by atoms with Crippen LogP contribution in [0.3, 0.4) is 0 Å². The first-order chi connectivity index (χ1) is 30.1. The molecule has 0 fully saturated rings. The zero-order chi connectivity index (χ0) is 46.7. The van der Waals surface area contributed by atoms with E-state index in [1.54, 1.807) is 24.3 Å². The Morgan fingerprint density at radius 2 is 1.28 bits per heavy atom. The number of hydrogen-bond donors (Lipinski definition) is 4. The fourth-order valence-electron chi connectivity index (χ4n) is 6.15. The second-order valence-corrected chi connectivity index (χ2v) is 17.4. The van der Waals surface area contributed by atoms with Crippen LogP contribution in [-0.4, -0.2) is 84.8 Å². The largest absolute Gasteiger partial charge is 1.00 e. The van der Waals surface area contributed by atoms with E-state index in [1.807, 2.05) is 18.7 Å². The molecular formula is C38H31N10Na3O13S3. The fraction of sp³-hybridized carbons (Fsp3) is 0.105. The Labute approximate surface area is 449 Å². The van der Waals surface area contributed by atoms with E-state index in [4.69, 9.17) is 5.73 Å². The van der Waals surface area contributed by atoms with Gasteiger partial charge in [-0.2, -0.15) is 15.3 Å². The minimum absolute atomic E-state index is 0. The van der Waals surface area contributed by atoms with Crippen molar-refractivity contribution in [1.29, 1.82) is 0 Å². The van der Waals surface area contributed by atoms with Crippen LogP contribution in [0, 0.1) is 10.1 Å². The van der Waals surface area contributed by atoms with Gasteiger partial charge in [0.1, 0.15) is 47.5 Å². The molecule has 0 bridgehead atoms. The predicted molar refractivity (Wildman–Crippen MR) is 229 cm³/mol. The summed E-state index contributed by atoms with van der Waals surface area (Å²) in [5.74, 6) is -1.70. The molecule has 332 valence electrons. The molecule has 0 aromatic heterocycles. The number of azo groups is 1. The number of nitro groups is 1. The van der Waals surface area contributed by atoms with E-state index in [9.17, 15) is 58.6 Å². The van der Waals surface area contributed by atoms with Crippen LogP contribution in [0.5, 0.6) is 0 Å². The van der Waals surface area contributed by atoms with E-state index >= 15 is 0 Å². The Balaban J connectivity index is 0.00000397. The molecule has 0 radical (unpaired) electrons. The first kappa shape index (κ1) is 56.8. The van der Waals surface area contributed by atoms with Gasteiger partial charge in [-0.1, -0.05) is 0 Å². The number of non-ortho nitro benzene ring substituents is 1. The Morgan fingerprint density at radius 3 is 1.84 bits per heavy atom. The number of carbonyl (C=O) groups excluding carboxylic acids is 2. The van der Waals surface area contributed by atoms with Crippen molar-refractivity contribution in [1.82, 2.24) is 4.90 Å². The third-order valence-electron chi connectivity index (χ3n) is 9.25. The molecular weight excluding hydrogens is 970 g/mol. The van der Waals surface area contributed by atoms with Gasteiger partial charge in [-0.3, -0.25) is 30.6 Å². The number of nitrogens with two attached hydrogens (primary N) is 1. The second kappa shape index (κ2) is 23.2. The molecule has 6 rings (SSSR count). The van der Waals surface area contributed by atoms with Crippen molar-refractivity contribution in [2.75, 3.05) is 35.0 Å². The Hall–Kier alpha value is -4.49. The fourth-order valence-corrected chi connectivity index (χ4v) is 8.11. The van der Waals surface area contributed by atoms with E-state index in [2.05, 4.69) is 36.6 Å². The normalized spacial score (nSPS) is 14.8. The van der Waals surface area contributed by atoms with Crippen molar-refractivity contribution in [3.63, 3.8) is 0 Å². The van der Waals surface area contributed by atoms with Crippen molar-refractivity contribution >= 4 is 105 Å². The number of hydrogen-bond acceptors (Lipinski definition) is 22. The maximum atomic E-state index is 13.9. The number of carbonyl (C=O) groups is 2. The average Bonchev–Trinajstić information content (AvgIpc) is 3.22. The van der Waals surface area contributed by atoms with Gasteiger partial charge in [-0.05, 0) is 98.3 Å². The molecule has 0 heterocycles. The van der Waals surface area contributed by atoms with Crippen LogP contribution < -0.4 is 111 Å². The molecule has 0 unspecified atom stereocenters. The second-order valence-electron chi connectivity index (χ2n) is 13.3. The number of fused-ring (bicyclic) bond motifs is 1. The molecule has 0 saturated heterocycles. The molecule has 0 saturated carbocycles. The van der Waals surface area contributed by atoms with Gasteiger partial charge in [0.25, 0.3) is 5.69 Å². The number of nitrogens with zero attached hydrogens (tertiary/aromatic N) is 6. The van der Waals surface area contributed by atoms with Crippen LogP contribution in [0.1, 0.15) is 29.8 Å². The number of likely N-dealkylation sites (N-methyl/N-ethyl adjacent to an activating group) is 1. The third kappa shape index (κ3) is 13.6. The molecule has 23 nitrogen and oxygen atoms in total. The summed E-state index contributed by atoms with van der Waals surface area (Å²) in [6, 6.07) is 14.1. The van der Waals surface area contributed by atoms with Crippen molar-refractivity contribution in [3.8, 4) is 0 Å². The van der Waals surface area contributed by atoms with Gasteiger partial charge in [0.2, 0.25) is 11.6 Å². The van der Waals surface area contributed by atoms with E-state index in [1.165, 1.54) is 24.3 Å². The standard InChI is InChI=1S/C38H34N10O13S3.3Na/c1-3-47(4-2)27-14-16-28(30(49)20-27)44-41-23-7-5-22(6-8-23)40-29-15-11-25(19-31(29)62(53,54)55)43-46-37-33(64(59,60)61)18-21-17-32(63(56,57)58)36(35(39)34(21)38(37)50)45-42-24-9-12-26(13-10-24)48(51)52;;;/h5-20,40-41,43H,3-4,39H2,1-2H3,(H,53,54,55)(H,56,57,58)(H,59,60,61);;;/q;3*+1/p-3/b44-28+,45-42?,46-37+;;;. The molecule has 29 heteroatoms. The summed E-state index contributed by atoms with van der Waals surface area (Å²) >= 11 is 0. The number of ketones is 2. The minimum Gasteiger partial charge on any atom is -0.744 e. The van der Waals surface area contributed by atoms with E-state index in [-0.39, 0.29) is 123 Å². The SMILES string of the molecule is CCN(CC)C1=CC(=O)/C(=N/Nc2ccc(Nc3ccc(N/N=C4/C(=O)c5c(cc(S(=O)(=O)[O-])c(N=Nc6ccc([N+](=O)[O-])cc6)c5N)C=C4S(=O)(=O)[O-])cc3S(=O)(=O)[O-])cc2)C=C1.[Na+].[Na+].[Na+]. The molecule has 5 N–H and O–H groups in total. The molecule has 2 aliphatic carbocycles. The Bertz CT molecular complexity index is 3160. The summed E-state index contributed by atoms with van der Waals surface area (Å²) in [5, 5.41) is 29.1. The van der Waals surface area contributed by atoms with Crippen molar-refractivity contribution in [2.24, 2.45) is 20.4 Å². The number of hydrazone groups is 2. The Morgan fingerprint density at radius 1 is 0.701 bits per heavy atom. The number of nitrogens with one attached hydrogen (secondary N) is 3. The topological polar surface area (TPSA) is 364 Å². The van der Waals surface area contributed by atoms with Crippen LogP contribution in [0.25, 0.3) is 6.08 Å². The number of rotatable bonds is 15. The maximum absolute atomic E-state index is 13.9. The minimum atomic E-state index is -5.61. The van der Waals surface area contributed by atoms with Gasteiger partial charge >= 0.3 is 88.7 Å². The maximum Gasteiger partial charge on any atom is 1.00 e. The quantitative estimate of drug-likeness (QED) is 0.0167. The summed E-state index contributed by atoms with van der Waals surface area (Å²) in [5.41, 5.74) is 7.77. The zero-order valence-electron chi connectivity index (χ0n) is 35.9. The van der Waals surface area contributed by atoms with Crippen molar-refractivity contribution in [2.45, 2.75) is 23.6 Å². The zero-order valence-corrected chi connectivity index (χ0v) is 44.4. The van der Waals surface area contributed by atoms with Gasteiger partial charge < -0.3 is 29.6 Å². The van der Waals surface area contributed by atoms with Gasteiger partial charge in [-0.25, -0.2) is 25.3 Å². The number of nitrogen functional groups attached to an aromatic ring is 1. The number of anilines is 5. The van der Waals surface area contributed by atoms with E-state index in [0.29, 0.717) is 23.5 Å². The van der Waals surface area contributed by atoms with Gasteiger partial charge in [-0.15, -0.1) is 5.11 Å². The van der Waals surface area contributed by atoms with Crippen LogP contribution >= 0.6 is 0 Å². The first-order valence-corrected chi connectivity index (χ1v) is 22.5. The number of nitro benzene ring substituents is 1. The summed E-state index contributed by atoms with van der Waals surface area (Å²) < 4.78 is 111. The Kier molecular flexibility index (Phi) is 19.7. The molecule has 67 heavy (non-hydrogen) atoms. The number of Topliss-reactive ketones (excluding diaryl/α,β-unsaturated/α-hetero) is 1. The third-order valence-corrected chi connectivity index (χ3v) is 11.8. The van der Waals surface area contributed by atoms with E-state index < -0.39 is 84.0 Å². The van der Waals surface area contributed by atoms with Gasteiger partial charge in [0, 0.05) is 42.7 Å². The summed E-state index contributed by atoms with van der Waals surface area (Å²) in [7, 11) is -16.3. The first-order valence-electron chi connectivity index (χ1n) is 18.2. The summed E-state index contributed by atoms with van der Waals surface area (Å²) in [4.78, 5) is 35.4. The van der Waals surface area contributed by atoms with Crippen LogP contribution in [0.2, 0.25) is 0 Å².